The first-order valence-corrected chi connectivity index (χ1v) is 8.92. The Morgan fingerprint density at radius 2 is 2.04 bits per heavy atom. The third kappa shape index (κ3) is 4.18. The quantitative estimate of drug-likeness (QED) is 0.869. The number of ether oxygens (including phenoxy) is 1. The standard InChI is InChI=1S/C17H26N4O4/c1-11(2)18-16(23)13-4-5-17(24-13)6-8-21(9-7-17)15(22)10-14-19-12(3)20-25-14/h11,13H,4-10H2,1-3H3,(H,18,23)/t13-/m1/s1. The van der Waals surface area contributed by atoms with Crippen LogP contribution in [0.3, 0.4) is 0 Å². The van der Waals surface area contributed by atoms with Crippen molar-refractivity contribution in [2.75, 3.05) is 13.1 Å². The SMILES string of the molecule is Cc1noc(CC(=O)N2CCC3(CC[C@H](C(=O)NC(C)C)O3)CC2)n1. The molecule has 1 N–H and O–H groups in total. The summed E-state index contributed by atoms with van der Waals surface area (Å²) in [6.07, 6.45) is 2.89. The van der Waals surface area contributed by atoms with Gasteiger partial charge in [-0.1, -0.05) is 5.16 Å². The minimum absolute atomic E-state index is 0.00871. The van der Waals surface area contributed by atoms with Crippen LogP contribution in [0.5, 0.6) is 0 Å². The Hall–Kier alpha value is -1.96. The van der Waals surface area contributed by atoms with Crippen molar-refractivity contribution >= 4 is 11.8 Å². The van der Waals surface area contributed by atoms with Crippen molar-refractivity contribution in [2.24, 2.45) is 0 Å². The van der Waals surface area contributed by atoms with E-state index in [1.165, 1.54) is 0 Å². The zero-order valence-electron chi connectivity index (χ0n) is 15.1. The molecule has 0 aliphatic carbocycles. The second kappa shape index (κ2) is 7.11. The number of carbonyl (C=O) groups excluding carboxylic acids is 2. The van der Waals surface area contributed by atoms with Crippen LogP contribution in [0.2, 0.25) is 0 Å². The number of amides is 2. The van der Waals surface area contributed by atoms with Crippen LogP contribution in [-0.2, 0) is 20.7 Å². The zero-order chi connectivity index (χ0) is 18.0. The highest BCUT2D eigenvalue weighted by atomic mass is 16.5. The highest BCUT2D eigenvalue weighted by Crippen LogP contribution is 2.39. The molecule has 8 nitrogen and oxygen atoms in total. The molecule has 0 bridgehead atoms. The Bertz CT molecular complexity index is 634. The molecule has 3 heterocycles. The van der Waals surface area contributed by atoms with Crippen molar-refractivity contribution in [3.8, 4) is 0 Å². The van der Waals surface area contributed by atoms with Gasteiger partial charge < -0.3 is 19.5 Å². The summed E-state index contributed by atoms with van der Waals surface area (Å²) in [5, 5.41) is 6.61. The molecule has 8 heteroatoms. The molecule has 1 spiro atoms. The third-order valence-corrected chi connectivity index (χ3v) is 4.88. The monoisotopic (exact) mass is 350 g/mol. The van der Waals surface area contributed by atoms with Crippen LogP contribution in [0, 0.1) is 6.92 Å². The van der Waals surface area contributed by atoms with Gasteiger partial charge in [0, 0.05) is 19.1 Å². The predicted octanol–water partition coefficient (Wildman–Crippen LogP) is 0.985. The number of nitrogens with one attached hydrogen (secondary N) is 1. The maximum atomic E-state index is 12.4. The van der Waals surface area contributed by atoms with Gasteiger partial charge >= 0.3 is 0 Å². The van der Waals surface area contributed by atoms with E-state index in [1.807, 2.05) is 18.7 Å². The van der Waals surface area contributed by atoms with E-state index in [4.69, 9.17) is 9.26 Å². The summed E-state index contributed by atoms with van der Waals surface area (Å²) in [5.41, 5.74) is -0.267. The highest BCUT2D eigenvalue weighted by molar-refractivity contribution is 5.81. The minimum atomic E-state index is -0.369. The molecule has 2 aliphatic rings. The normalized spacial score (nSPS) is 22.6. The van der Waals surface area contributed by atoms with Gasteiger partial charge in [0.05, 0.1) is 5.60 Å². The summed E-state index contributed by atoms with van der Waals surface area (Å²) in [6.45, 7) is 6.87. The van der Waals surface area contributed by atoms with Crippen molar-refractivity contribution in [1.82, 2.24) is 20.4 Å². The van der Waals surface area contributed by atoms with Crippen molar-refractivity contribution in [3.63, 3.8) is 0 Å². The van der Waals surface area contributed by atoms with E-state index in [0.29, 0.717) is 24.8 Å². The van der Waals surface area contributed by atoms with Crippen LogP contribution in [-0.4, -0.2) is 57.7 Å². The summed E-state index contributed by atoms with van der Waals surface area (Å²) in [4.78, 5) is 30.4. The predicted molar refractivity (Wildman–Crippen MR) is 88.7 cm³/mol. The Balaban J connectivity index is 1.50. The molecule has 2 aliphatic heterocycles. The number of nitrogens with zero attached hydrogens (tertiary/aromatic N) is 3. The highest BCUT2D eigenvalue weighted by Gasteiger charge is 2.45. The largest absolute Gasteiger partial charge is 0.362 e. The van der Waals surface area contributed by atoms with E-state index in [1.54, 1.807) is 6.92 Å². The van der Waals surface area contributed by atoms with Gasteiger partial charge in [-0.25, -0.2) is 0 Å². The molecule has 138 valence electrons. The molecular weight excluding hydrogens is 324 g/mol. The lowest BCUT2D eigenvalue weighted by molar-refractivity contribution is -0.146. The number of hydrogen-bond acceptors (Lipinski definition) is 6. The number of aromatic nitrogens is 2. The topological polar surface area (TPSA) is 97.6 Å². The van der Waals surface area contributed by atoms with Crippen molar-refractivity contribution in [3.05, 3.63) is 11.7 Å². The van der Waals surface area contributed by atoms with E-state index < -0.39 is 0 Å². The van der Waals surface area contributed by atoms with Gasteiger partial charge in [0.1, 0.15) is 12.5 Å². The maximum absolute atomic E-state index is 12.4. The minimum Gasteiger partial charge on any atom is -0.362 e. The summed E-state index contributed by atoms with van der Waals surface area (Å²) in [5.74, 6) is 0.846. The second-order valence-corrected chi connectivity index (χ2v) is 7.28. The number of likely N-dealkylation sites (tertiary alicyclic amines) is 1. The third-order valence-electron chi connectivity index (χ3n) is 4.88. The lowest BCUT2D eigenvalue weighted by Crippen LogP contribution is -2.48. The van der Waals surface area contributed by atoms with Crippen LogP contribution < -0.4 is 5.32 Å². The van der Waals surface area contributed by atoms with E-state index in [-0.39, 0.29) is 36.0 Å². The van der Waals surface area contributed by atoms with Crippen molar-refractivity contribution in [1.29, 1.82) is 0 Å². The first-order chi connectivity index (χ1) is 11.9. The Morgan fingerprint density at radius 3 is 2.64 bits per heavy atom. The summed E-state index contributed by atoms with van der Waals surface area (Å²) < 4.78 is 11.1. The van der Waals surface area contributed by atoms with Gasteiger partial charge in [-0.05, 0) is 46.5 Å². The van der Waals surface area contributed by atoms with Gasteiger partial charge in [0.15, 0.2) is 5.82 Å². The average molecular weight is 350 g/mol. The van der Waals surface area contributed by atoms with Crippen LogP contribution in [0.4, 0.5) is 0 Å². The first kappa shape index (κ1) is 17.8. The van der Waals surface area contributed by atoms with E-state index >= 15 is 0 Å². The molecule has 0 radical (unpaired) electrons. The lowest BCUT2D eigenvalue weighted by Gasteiger charge is -2.39. The number of hydrogen-bond donors (Lipinski definition) is 1. The number of carbonyl (C=O) groups is 2. The summed E-state index contributed by atoms with van der Waals surface area (Å²) >= 11 is 0. The molecule has 0 unspecified atom stereocenters. The smallest absolute Gasteiger partial charge is 0.249 e. The van der Waals surface area contributed by atoms with Crippen molar-refractivity contribution in [2.45, 2.75) is 70.6 Å². The summed E-state index contributed by atoms with van der Waals surface area (Å²) in [6, 6.07) is 0.112. The second-order valence-electron chi connectivity index (χ2n) is 7.28. The fourth-order valence-corrected chi connectivity index (χ4v) is 3.56. The molecule has 3 rings (SSSR count). The molecule has 25 heavy (non-hydrogen) atoms. The van der Waals surface area contributed by atoms with Gasteiger partial charge in [-0.15, -0.1) is 0 Å². The Morgan fingerprint density at radius 1 is 1.32 bits per heavy atom. The fraction of sp³-hybridized carbons (Fsp3) is 0.765. The molecule has 2 fully saturated rings. The van der Waals surface area contributed by atoms with E-state index in [0.717, 1.165) is 25.7 Å². The molecule has 1 aromatic heterocycles. The Kier molecular flexibility index (Phi) is 5.08. The molecular formula is C17H26N4O4. The lowest BCUT2D eigenvalue weighted by atomic mass is 9.88. The molecule has 1 atom stereocenters. The molecule has 1 aromatic rings. The zero-order valence-corrected chi connectivity index (χ0v) is 15.1. The first-order valence-electron chi connectivity index (χ1n) is 8.92. The van der Waals surface area contributed by atoms with Crippen LogP contribution in [0.15, 0.2) is 4.52 Å². The molecule has 0 aromatic carbocycles. The van der Waals surface area contributed by atoms with Gasteiger partial charge in [0.2, 0.25) is 17.7 Å². The van der Waals surface area contributed by atoms with Gasteiger partial charge in [-0.3, -0.25) is 9.59 Å². The fourth-order valence-electron chi connectivity index (χ4n) is 3.56. The average Bonchev–Trinajstić information content (AvgIpc) is 3.14. The van der Waals surface area contributed by atoms with E-state index in [9.17, 15) is 9.59 Å². The van der Waals surface area contributed by atoms with E-state index in [2.05, 4.69) is 15.5 Å². The number of aryl methyl sites for hydroxylation is 1. The maximum Gasteiger partial charge on any atom is 0.249 e. The van der Waals surface area contributed by atoms with Gasteiger partial charge in [0.25, 0.3) is 0 Å². The van der Waals surface area contributed by atoms with Crippen LogP contribution in [0.25, 0.3) is 0 Å². The number of rotatable bonds is 4. The molecule has 0 saturated carbocycles. The molecule has 2 amide bonds. The number of piperidine rings is 1. The van der Waals surface area contributed by atoms with Gasteiger partial charge in [-0.2, -0.15) is 4.98 Å². The molecule has 2 saturated heterocycles. The van der Waals surface area contributed by atoms with Crippen LogP contribution in [0.1, 0.15) is 51.2 Å². The summed E-state index contributed by atoms with van der Waals surface area (Å²) in [7, 11) is 0. The Labute approximate surface area is 147 Å². The van der Waals surface area contributed by atoms with Crippen molar-refractivity contribution < 1.29 is 18.8 Å². The van der Waals surface area contributed by atoms with Crippen LogP contribution >= 0.6 is 0 Å².